The Labute approximate surface area is 115 Å². The second-order valence-corrected chi connectivity index (χ2v) is 4.39. The molecule has 0 heterocycles. The van der Waals surface area contributed by atoms with Crippen LogP contribution >= 0.6 is 0 Å². The number of hydrogen-bond donors (Lipinski definition) is 2. The van der Waals surface area contributed by atoms with Gasteiger partial charge in [-0.15, -0.1) is 0 Å². The number of unbranched alkanes of at least 4 members (excludes halogenated alkanes) is 2. The van der Waals surface area contributed by atoms with Gasteiger partial charge in [0.2, 0.25) is 0 Å². The van der Waals surface area contributed by atoms with E-state index in [2.05, 4.69) is 24.5 Å². The zero-order valence-corrected chi connectivity index (χ0v) is 11.9. The molecule has 19 heavy (non-hydrogen) atoms. The fourth-order valence-electron chi connectivity index (χ4n) is 1.76. The predicted octanol–water partition coefficient (Wildman–Crippen LogP) is 3.07. The molecule has 0 aliphatic heterocycles. The first-order valence-electron chi connectivity index (χ1n) is 7.00. The molecule has 0 bridgehead atoms. The van der Waals surface area contributed by atoms with Gasteiger partial charge >= 0.3 is 6.03 Å². The molecule has 0 unspecified atom stereocenters. The van der Waals surface area contributed by atoms with Crippen LogP contribution < -0.4 is 15.4 Å². The number of hydrogen-bond acceptors (Lipinski definition) is 2. The lowest BCUT2D eigenvalue weighted by molar-refractivity contribution is 0.223. The normalized spacial score (nSPS) is 10.0. The minimum Gasteiger partial charge on any atom is -0.473 e. The van der Waals surface area contributed by atoms with Gasteiger partial charge in [-0.1, -0.05) is 44.9 Å². The Morgan fingerprint density at radius 3 is 2.68 bits per heavy atom. The van der Waals surface area contributed by atoms with Gasteiger partial charge in [-0.05, 0) is 24.5 Å². The molecule has 2 N–H and O–H groups in total. The van der Waals surface area contributed by atoms with Gasteiger partial charge in [0.25, 0.3) is 0 Å². The Morgan fingerprint density at radius 2 is 1.95 bits per heavy atom. The van der Waals surface area contributed by atoms with Crippen molar-refractivity contribution in [1.82, 2.24) is 10.6 Å². The number of aryl methyl sites for hydroxylation is 1. The maximum absolute atomic E-state index is 11.4. The van der Waals surface area contributed by atoms with Gasteiger partial charge in [-0.25, -0.2) is 4.79 Å². The molecule has 0 saturated heterocycles. The fourth-order valence-corrected chi connectivity index (χ4v) is 1.76. The van der Waals surface area contributed by atoms with Crippen LogP contribution in [0.15, 0.2) is 24.3 Å². The highest BCUT2D eigenvalue weighted by Crippen LogP contribution is 2.17. The van der Waals surface area contributed by atoms with E-state index in [0.717, 1.165) is 37.0 Å². The third-order valence-electron chi connectivity index (χ3n) is 2.88. The van der Waals surface area contributed by atoms with Gasteiger partial charge in [0, 0.05) is 6.54 Å². The van der Waals surface area contributed by atoms with Crippen molar-refractivity contribution < 1.29 is 9.53 Å². The number of rotatable bonds is 8. The molecule has 0 saturated carbocycles. The number of ether oxygens (including phenoxy) is 1. The van der Waals surface area contributed by atoms with Crippen LogP contribution in [-0.2, 0) is 6.42 Å². The van der Waals surface area contributed by atoms with Crippen molar-refractivity contribution >= 4 is 6.03 Å². The molecule has 1 rings (SSSR count). The summed E-state index contributed by atoms with van der Waals surface area (Å²) in [4.78, 5) is 11.4. The van der Waals surface area contributed by atoms with E-state index in [0.29, 0.717) is 6.54 Å². The summed E-state index contributed by atoms with van der Waals surface area (Å²) in [6.45, 7) is 5.12. The van der Waals surface area contributed by atoms with Crippen molar-refractivity contribution in [3.8, 4) is 5.75 Å². The number of amides is 2. The van der Waals surface area contributed by atoms with Crippen LogP contribution in [0.25, 0.3) is 0 Å². The zero-order valence-electron chi connectivity index (χ0n) is 11.9. The molecule has 0 aromatic heterocycles. The van der Waals surface area contributed by atoms with Crippen LogP contribution in [0.4, 0.5) is 4.79 Å². The Hall–Kier alpha value is -1.71. The lowest BCUT2D eigenvalue weighted by Gasteiger charge is -2.11. The van der Waals surface area contributed by atoms with Gasteiger partial charge in [0.05, 0.1) is 0 Å². The Morgan fingerprint density at radius 1 is 1.16 bits per heavy atom. The summed E-state index contributed by atoms with van der Waals surface area (Å²) in [5.74, 6) is 0.830. The monoisotopic (exact) mass is 264 g/mol. The van der Waals surface area contributed by atoms with Crippen molar-refractivity contribution in [2.75, 3.05) is 13.3 Å². The fraction of sp³-hybridized carbons (Fsp3) is 0.533. The predicted molar refractivity (Wildman–Crippen MR) is 77.4 cm³/mol. The topological polar surface area (TPSA) is 50.4 Å². The number of benzene rings is 1. The first-order chi connectivity index (χ1) is 9.27. The number of para-hydroxylation sites is 1. The largest absolute Gasteiger partial charge is 0.473 e. The Bertz CT molecular complexity index is 380. The quantitative estimate of drug-likeness (QED) is 0.560. The molecular formula is C15H24N2O2. The standard InChI is InChI=1S/C15H24N2O2/c1-3-5-8-11-16-15(18)17-12-19-14-10-7-6-9-13(14)4-2/h6-7,9-10H,3-5,8,11-12H2,1-2H3,(H2,16,17,18). The summed E-state index contributed by atoms with van der Waals surface area (Å²) < 4.78 is 5.55. The minimum absolute atomic E-state index is 0.176. The van der Waals surface area contributed by atoms with Gasteiger partial charge < -0.3 is 15.4 Å². The van der Waals surface area contributed by atoms with E-state index in [1.54, 1.807) is 0 Å². The summed E-state index contributed by atoms with van der Waals surface area (Å²) in [5, 5.41) is 5.49. The van der Waals surface area contributed by atoms with Crippen molar-refractivity contribution in [1.29, 1.82) is 0 Å². The van der Waals surface area contributed by atoms with Crippen molar-refractivity contribution in [2.45, 2.75) is 39.5 Å². The third-order valence-corrected chi connectivity index (χ3v) is 2.88. The minimum atomic E-state index is -0.176. The van der Waals surface area contributed by atoms with Crippen LogP contribution in [0.3, 0.4) is 0 Å². The highest BCUT2D eigenvalue weighted by molar-refractivity contribution is 5.73. The van der Waals surface area contributed by atoms with Gasteiger partial charge in [0.15, 0.2) is 6.73 Å². The van der Waals surface area contributed by atoms with E-state index in [1.165, 1.54) is 0 Å². The van der Waals surface area contributed by atoms with Crippen molar-refractivity contribution in [3.05, 3.63) is 29.8 Å². The maximum Gasteiger partial charge on any atom is 0.317 e. The van der Waals surface area contributed by atoms with Crippen LogP contribution in [0.1, 0.15) is 38.7 Å². The molecule has 1 aromatic rings. The molecule has 0 spiro atoms. The first-order valence-corrected chi connectivity index (χ1v) is 7.00. The van der Waals surface area contributed by atoms with E-state index < -0.39 is 0 Å². The average molecular weight is 264 g/mol. The number of carbonyl (C=O) groups is 1. The maximum atomic E-state index is 11.4. The molecule has 4 nitrogen and oxygen atoms in total. The SMILES string of the molecule is CCCCCNC(=O)NCOc1ccccc1CC. The smallest absolute Gasteiger partial charge is 0.317 e. The molecule has 2 amide bonds. The average Bonchev–Trinajstić information content (AvgIpc) is 2.44. The van der Waals surface area contributed by atoms with Crippen molar-refractivity contribution in [2.24, 2.45) is 0 Å². The van der Waals surface area contributed by atoms with E-state index >= 15 is 0 Å². The van der Waals surface area contributed by atoms with E-state index in [1.807, 2.05) is 24.3 Å². The van der Waals surface area contributed by atoms with Gasteiger partial charge in [-0.2, -0.15) is 0 Å². The van der Waals surface area contributed by atoms with E-state index in [4.69, 9.17) is 4.74 Å². The molecule has 0 radical (unpaired) electrons. The van der Waals surface area contributed by atoms with Crippen molar-refractivity contribution in [3.63, 3.8) is 0 Å². The molecule has 1 aromatic carbocycles. The second-order valence-electron chi connectivity index (χ2n) is 4.39. The van der Waals surface area contributed by atoms with Crippen LogP contribution in [0.2, 0.25) is 0 Å². The number of urea groups is 1. The lowest BCUT2D eigenvalue weighted by Crippen LogP contribution is -2.38. The van der Waals surface area contributed by atoms with E-state index in [-0.39, 0.29) is 12.8 Å². The Kier molecular flexibility index (Phi) is 7.47. The summed E-state index contributed by atoms with van der Waals surface area (Å²) >= 11 is 0. The summed E-state index contributed by atoms with van der Waals surface area (Å²) in [7, 11) is 0. The zero-order chi connectivity index (χ0) is 13.9. The summed E-state index contributed by atoms with van der Waals surface area (Å²) in [5.41, 5.74) is 1.15. The second kappa shape index (κ2) is 9.25. The molecule has 4 heteroatoms. The molecule has 0 aliphatic carbocycles. The number of nitrogens with one attached hydrogen (secondary N) is 2. The first kappa shape index (κ1) is 15.3. The van der Waals surface area contributed by atoms with Gasteiger partial charge in [-0.3, -0.25) is 0 Å². The molecule has 0 fully saturated rings. The number of carbonyl (C=O) groups excluding carboxylic acids is 1. The van der Waals surface area contributed by atoms with Gasteiger partial charge in [0.1, 0.15) is 5.75 Å². The third kappa shape index (κ3) is 6.13. The highest BCUT2D eigenvalue weighted by atomic mass is 16.5. The highest BCUT2D eigenvalue weighted by Gasteiger charge is 2.02. The molecule has 106 valence electrons. The molecule has 0 aliphatic rings. The van der Waals surface area contributed by atoms with E-state index in [9.17, 15) is 4.79 Å². The molecule has 0 atom stereocenters. The molecular weight excluding hydrogens is 240 g/mol. The van der Waals surface area contributed by atoms with Crippen LogP contribution in [-0.4, -0.2) is 19.3 Å². The van der Waals surface area contributed by atoms with Crippen LogP contribution in [0.5, 0.6) is 5.75 Å². The summed E-state index contributed by atoms with van der Waals surface area (Å²) in [6, 6.07) is 7.68. The lowest BCUT2D eigenvalue weighted by atomic mass is 10.1. The summed E-state index contributed by atoms with van der Waals surface area (Å²) in [6.07, 6.45) is 4.23. The Balaban J connectivity index is 2.20. The van der Waals surface area contributed by atoms with Crippen LogP contribution in [0, 0.1) is 0 Å².